The van der Waals surface area contributed by atoms with E-state index >= 15 is 0 Å². The molecule has 0 aliphatic heterocycles. The van der Waals surface area contributed by atoms with Gasteiger partial charge in [-0.2, -0.15) is 5.10 Å². The molecule has 2 amide bonds. The first-order chi connectivity index (χ1) is 10.8. The molecule has 2 rings (SSSR count). The highest BCUT2D eigenvalue weighted by molar-refractivity contribution is 5.92. The molecule has 0 aliphatic rings. The van der Waals surface area contributed by atoms with Gasteiger partial charge in [-0.05, 0) is 43.7 Å². The molecule has 0 spiro atoms. The number of nitrogens with one attached hydrogen (secondary N) is 2. The van der Waals surface area contributed by atoms with E-state index in [9.17, 15) is 14.4 Å². The average molecular weight is 314 g/mol. The zero-order valence-corrected chi connectivity index (χ0v) is 13.2. The number of anilines is 2. The Bertz CT molecular complexity index is 811. The third-order valence-corrected chi connectivity index (χ3v) is 3.11. The third kappa shape index (κ3) is 4.50. The first kappa shape index (κ1) is 16.4. The summed E-state index contributed by atoms with van der Waals surface area (Å²) in [5.41, 5.74) is 2.43. The number of benzene rings is 1. The van der Waals surface area contributed by atoms with Crippen molar-refractivity contribution in [3.05, 3.63) is 51.9 Å². The van der Waals surface area contributed by atoms with E-state index in [1.54, 1.807) is 31.2 Å². The van der Waals surface area contributed by atoms with Crippen LogP contribution in [0, 0.1) is 13.8 Å². The van der Waals surface area contributed by atoms with E-state index in [2.05, 4.69) is 15.7 Å². The topological polar surface area (TPSA) is 93.1 Å². The van der Waals surface area contributed by atoms with Crippen molar-refractivity contribution < 1.29 is 9.59 Å². The second-order valence-corrected chi connectivity index (χ2v) is 5.23. The van der Waals surface area contributed by atoms with Crippen molar-refractivity contribution in [1.82, 2.24) is 9.78 Å². The van der Waals surface area contributed by atoms with Gasteiger partial charge in [0.05, 0.1) is 5.69 Å². The number of aromatic nitrogens is 2. The Morgan fingerprint density at radius 2 is 1.87 bits per heavy atom. The molecule has 1 heterocycles. The number of carbonyl (C=O) groups is 2. The van der Waals surface area contributed by atoms with Gasteiger partial charge in [0.1, 0.15) is 6.54 Å². The first-order valence-corrected chi connectivity index (χ1v) is 7.08. The van der Waals surface area contributed by atoms with Crippen LogP contribution in [-0.4, -0.2) is 21.6 Å². The maximum atomic E-state index is 12.0. The van der Waals surface area contributed by atoms with Crippen LogP contribution >= 0.6 is 0 Å². The summed E-state index contributed by atoms with van der Waals surface area (Å²) in [5.74, 6) is -0.508. The van der Waals surface area contributed by atoms with Gasteiger partial charge in [-0.25, -0.2) is 4.68 Å². The van der Waals surface area contributed by atoms with Gasteiger partial charge in [0, 0.05) is 24.4 Å². The summed E-state index contributed by atoms with van der Waals surface area (Å²) in [6.07, 6.45) is 0. The molecule has 0 unspecified atom stereocenters. The smallest absolute Gasteiger partial charge is 0.267 e. The first-order valence-electron chi connectivity index (χ1n) is 7.08. The van der Waals surface area contributed by atoms with Crippen LogP contribution in [0.5, 0.6) is 0 Å². The fraction of sp³-hybridized carbons (Fsp3) is 0.250. The molecule has 0 radical (unpaired) electrons. The Balaban J connectivity index is 2.08. The predicted molar refractivity (Wildman–Crippen MR) is 87.3 cm³/mol. The van der Waals surface area contributed by atoms with E-state index in [1.807, 2.05) is 6.92 Å². The zero-order chi connectivity index (χ0) is 17.0. The molecule has 0 atom stereocenters. The molecule has 7 heteroatoms. The quantitative estimate of drug-likeness (QED) is 0.893. The summed E-state index contributed by atoms with van der Waals surface area (Å²) in [7, 11) is 0. The van der Waals surface area contributed by atoms with Crippen LogP contribution in [0.2, 0.25) is 0 Å². The fourth-order valence-electron chi connectivity index (χ4n) is 2.07. The molecule has 2 aromatic rings. The SMILES string of the molecule is CC(=O)Nc1ccc(NC(=O)Cn2nc(C)ccc2=O)cc1C. The molecule has 23 heavy (non-hydrogen) atoms. The molecule has 1 aromatic heterocycles. The van der Waals surface area contributed by atoms with Crippen molar-refractivity contribution in [3.8, 4) is 0 Å². The Morgan fingerprint density at radius 1 is 1.13 bits per heavy atom. The lowest BCUT2D eigenvalue weighted by Gasteiger charge is -2.10. The van der Waals surface area contributed by atoms with E-state index in [4.69, 9.17) is 0 Å². The van der Waals surface area contributed by atoms with Gasteiger partial charge in [0.2, 0.25) is 11.8 Å². The van der Waals surface area contributed by atoms with E-state index < -0.39 is 0 Å². The number of amides is 2. The van der Waals surface area contributed by atoms with Gasteiger partial charge in [0.15, 0.2) is 0 Å². The van der Waals surface area contributed by atoms with Crippen molar-refractivity contribution in [2.24, 2.45) is 0 Å². The fourth-order valence-corrected chi connectivity index (χ4v) is 2.07. The Labute approximate surface area is 133 Å². The molecule has 1 aromatic carbocycles. The van der Waals surface area contributed by atoms with Gasteiger partial charge >= 0.3 is 0 Å². The summed E-state index contributed by atoms with van der Waals surface area (Å²) in [4.78, 5) is 34.8. The monoisotopic (exact) mass is 314 g/mol. The van der Waals surface area contributed by atoms with Crippen LogP contribution in [0.3, 0.4) is 0 Å². The van der Waals surface area contributed by atoms with Crippen LogP contribution in [0.1, 0.15) is 18.2 Å². The largest absolute Gasteiger partial charge is 0.326 e. The van der Waals surface area contributed by atoms with Crippen molar-refractivity contribution in [1.29, 1.82) is 0 Å². The molecule has 0 saturated heterocycles. The molecular formula is C16H18N4O3. The minimum atomic E-state index is -0.350. The molecule has 0 saturated carbocycles. The van der Waals surface area contributed by atoms with E-state index in [-0.39, 0.29) is 23.9 Å². The lowest BCUT2D eigenvalue weighted by atomic mass is 10.1. The van der Waals surface area contributed by atoms with Crippen molar-refractivity contribution >= 4 is 23.2 Å². The third-order valence-electron chi connectivity index (χ3n) is 3.11. The lowest BCUT2D eigenvalue weighted by Crippen LogP contribution is -2.29. The molecule has 0 fully saturated rings. The number of aryl methyl sites for hydroxylation is 2. The molecule has 7 nitrogen and oxygen atoms in total. The van der Waals surface area contributed by atoms with Crippen molar-refractivity contribution in [2.75, 3.05) is 10.6 Å². The molecule has 0 aliphatic carbocycles. The maximum absolute atomic E-state index is 12.0. The summed E-state index contributed by atoms with van der Waals surface area (Å²) < 4.78 is 1.11. The van der Waals surface area contributed by atoms with Crippen LogP contribution < -0.4 is 16.2 Å². The van der Waals surface area contributed by atoms with E-state index in [0.717, 1.165) is 10.2 Å². The van der Waals surface area contributed by atoms with Crippen molar-refractivity contribution in [2.45, 2.75) is 27.3 Å². The highest BCUT2D eigenvalue weighted by Crippen LogP contribution is 2.19. The lowest BCUT2D eigenvalue weighted by molar-refractivity contribution is -0.117. The van der Waals surface area contributed by atoms with Crippen LogP contribution in [0.25, 0.3) is 0 Å². The molecular weight excluding hydrogens is 296 g/mol. The Kier molecular flexibility index (Phi) is 4.90. The summed E-state index contributed by atoms with van der Waals surface area (Å²) in [6, 6.07) is 8.12. The summed E-state index contributed by atoms with van der Waals surface area (Å²) in [6.45, 7) is 4.85. The molecule has 0 bridgehead atoms. The van der Waals surface area contributed by atoms with Gasteiger partial charge in [-0.1, -0.05) is 0 Å². The van der Waals surface area contributed by atoms with Gasteiger partial charge in [-0.15, -0.1) is 0 Å². The second kappa shape index (κ2) is 6.87. The Hall–Kier alpha value is -2.96. The van der Waals surface area contributed by atoms with E-state index in [0.29, 0.717) is 17.1 Å². The number of rotatable bonds is 4. The minimum Gasteiger partial charge on any atom is -0.326 e. The number of carbonyl (C=O) groups excluding carboxylic acids is 2. The van der Waals surface area contributed by atoms with E-state index in [1.165, 1.54) is 13.0 Å². The van der Waals surface area contributed by atoms with Crippen molar-refractivity contribution in [3.63, 3.8) is 0 Å². The highest BCUT2D eigenvalue weighted by atomic mass is 16.2. The normalized spacial score (nSPS) is 10.2. The van der Waals surface area contributed by atoms with Gasteiger partial charge < -0.3 is 10.6 Å². The number of nitrogens with zero attached hydrogens (tertiary/aromatic N) is 2. The maximum Gasteiger partial charge on any atom is 0.267 e. The Morgan fingerprint density at radius 3 is 2.52 bits per heavy atom. The predicted octanol–water partition coefficient (Wildman–Crippen LogP) is 1.46. The average Bonchev–Trinajstić information content (AvgIpc) is 2.45. The van der Waals surface area contributed by atoms with Gasteiger partial charge in [-0.3, -0.25) is 14.4 Å². The molecule has 120 valence electrons. The number of hydrogen-bond acceptors (Lipinski definition) is 4. The van der Waals surface area contributed by atoms with Crippen LogP contribution in [-0.2, 0) is 16.1 Å². The van der Waals surface area contributed by atoms with Crippen LogP contribution in [0.15, 0.2) is 35.1 Å². The van der Waals surface area contributed by atoms with Crippen LogP contribution in [0.4, 0.5) is 11.4 Å². The molecule has 2 N–H and O–H groups in total. The number of hydrogen-bond donors (Lipinski definition) is 2. The highest BCUT2D eigenvalue weighted by Gasteiger charge is 2.08. The summed E-state index contributed by atoms with van der Waals surface area (Å²) >= 11 is 0. The van der Waals surface area contributed by atoms with Gasteiger partial charge in [0.25, 0.3) is 5.56 Å². The standard InChI is InChI=1S/C16H18N4O3/c1-10-8-13(5-6-14(10)17-12(3)21)18-15(22)9-20-16(23)7-4-11(2)19-20/h4-8H,9H2,1-3H3,(H,17,21)(H,18,22). The minimum absolute atomic E-state index is 0.158. The second-order valence-electron chi connectivity index (χ2n) is 5.23. The summed E-state index contributed by atoms with van der Waals surface area (Å²) in [5, 5.41) is 9.42. The zero-order valence-electron chi connectivity index (χ0n) is 13.2.